The van der Waals surface area contributed by atoms with Crippen LogP contribution in [-0.4, -0.2) is 44.0 Å². The Morgan fingerprint density at radius 1 is 1.42 bits per heavy atom. The molecule has 2 aromatic heterocycles. The van der Waals surface area contributed by atoms with Gasteiger partial charge in [-0.25, -0.2) is 0 Å². The molecule has 3 rings (SSSR count). The minimum absolute atomic E-state index is 0.183. The third-order valence-electron chi connectivity index (χ3n) is 3.30. The lowest BCUT2D eigenvalue weighted by molar-refractivity contribution is 0.0836. The first kappa shape index (κ1) is 12.2. The highest BCUT2D eigenvalue weighted by Gasteiger charge is 2.28. The molecule has 0 unspecified atom stereocenters. The van der Waals surface area contributed by atoms with Crippen molar-refractivity contribution in [3.63, 3.8) is 0 Å². The number of nitrogens with one attached hydrogen (secondary N) is 3. The van der Waals surface area contributed by atoms with Crippen molar-refractivity contribution in [3.8, 4) is 0 Å². The van der Waals surface area contributed by atoms with E-state index in [4.69, 9.17) is 0 Å². The van der Waals surface area contributed by atoms with E-state index < -0.39 is 0 Å². The van der Waals surface area contributed by atoms with E-state index >= 15 is 0 Å². The Hall–Kier alpha value is -1.89. The quantitative estimate of drug-likeness (QED) is 0.644. The molecule has 1 saturated carbocycles. The predicted molar refractivity (Wildman–Crippen MR) is 73.1 cm³/mol. The van der Waals surface area contributed by atoms with Crippen molar-refractivity contribution in [3.05, 3.63) is 6.20 Å². The van der Waals surface area contributed by atoms with Gasteiger partial charge in [0.05, 0.1) is 17.7 Å². The van der Waals surface area contributed by atoms with Crippen LogP contribution in [0.15, 0.2) is 6.20 Å². The Morgan fingerprint density at radius 3 is 3.00 bits per heavy atom. The topological polar surface area (TPSA) is 98.8 Å². The maximum absolute atomic E-state index is 9.34. The van der Waals surface area contributed by atoms with Crippen molar-refractivity contribution >= 4 is 22.8 Å². The SMILES string of the molecule is CCCNc1nc(NC2CC(O)C2)c2cn[nH]c2n1. The molecule has 19 heavy (non-hydrogen) atoms. The summed E-state index contributed by atoms with van der Waals surface area (Å²) in [4.78, 5) is 8.85. The zero-order valence-electron chi connectivity index (χ0n) is 10.8. The third kappa shape index (κ3) is 2.46. The predicted octanol–water partition coefficient (Wildman–Crippen LogP) is 1.11. The van der Waals surface area contributed by atoms with Gasteiger partial charge >= 0.3 is 0 Å². The molecular weight excluding hydrogens is 244 g/mol. The molecule has 2 heterocycles. The summed E-state index contributed by atoms with van der Waals surface area (Å²) in [7, 11) is 0. The summed E-state index contributed by atoms with van der Waals surface area (Å²) in [5.41, 5.74) is 0.718. The highest BCUT2D eigenvalue weighted by atomic mass is 16.3. The van der Waals surface area contributed by atoms with Gasteiger partial charge in [0.2, 0.25) is 5.95 Å². The van der Waals surface area contributed by atoms with Crippen LogP contribution in [0.25, 0.3) is 11.0 Å². The summed E-state index contributed by atoms with van der Waals surface area (Å²) in [6.07, 6.45) is 4.08. The van der Waals surface area contributed by atoms with Gasteiger partial charge in [-0.15, -0.1) is 0 Å². The lowest BCUT2D eigenvalue weighted by Gasteiger charge is -2.32. The van der Waals surface area contributed by atoms with E-state index in [-0.39, 0.29) is 12.1 Å². The molecule has 0 atom stereocenters. The maximum atomic E-state index is 9.34. The molecule has 7 nitrogen and oxygen atoms in total. The number of hydrogen-bond acceptors (Lipinski definition) is 6. The molecule has 0 spiro atoms. The van der Waals surface area contributed by atoms with Gasteiger partial charge in [0.25, 0.3) is 0 Å². The molecule has 0 aromatic carbocycles. The van der Waals surface area contributed by atoms with Gasteiger partial charge in [0.15, 0.2) is 5.65 Å². The molecule has 1 fully saturated rings. The molecule has 2 aromatic rings. The van der Waals surface area contributed by atoms with E-state index in [2.05, 4.69) is 37.7 Å². The third-order valence-corrected chi connectivity index (χ3v) is 3.30. The van der Waals surface area contributed by atoms with Crippen molar-refractivity contribution in [1.82, 2.24) is 20.2 Å². The number of aliphatic hydroxyl groups is 1. The van der Waals surface area contributed by atoms with Gasteiger partial charge in [0.1, 0.15) is 5.82 Å². The molecule has 1 aliphatic rings. The summed E-state index contributed by atoms with van der Waals surface area (Å²) in [6.45, 7) is 2.93. The summed E-state index contributed by atoms with van der Waals surface area (Å²) in [5.74, 6) is 1.37. The van der Waals surface area contributed by atoms with Crippen LogP contribution in [-0.2, 0) is 0 Å². The number of rotatable bonds is 5. The molecule has 0 saturated heterocycles. The smallest absolute Gasteiger partial charge is 0.226 e. The van der Waals surface area contributed by atoms with Gasteiger partial charge in [-0.05, 0) is 19.3 Å². The van der Waals surface area contributed by atoms with Crippen LogP contribution in [0.2, 0.25) is 0 Å². The second-order valence-electron chi connectivity index (χ2n) is 4.92. The lowest BCUT2D eigenvalue weighted by atomic mass is 9.89. The Bertz CT molecular complexity index is 562. The van der Waals surface area contributed by atoms with Gasteiger partial charge in [0, 0.05) is 12.6 Å². The van der Waals surface area contributed by atoms with E-state index in [0.717, 1.165) is 42.7 Å². The van der Waals surface area contributed by atoms with E-state index in [1.165, 1.54) is 0 Å². The molecule has 7 heteroatoms. The maximum Gasteiger partial charge on any atom is 0.226 e. The molecule has 0 radical (unpaired) electrons. The molecule has 0 aliphatic heterocycles. The monoisotopic (exact) mass is 262 g/mol. The number of aromatic amines is 1. The van der Waals surface area contributed by atoms with Crippen molar-refractivity contribution in [2.24, 2.45) is 0 Å². The van der Waals surface area contributed by atoms with Crippen LogP contribution in [0.1, 0.15) is 26.2 Å². The minimum Gasteiger partial charge on any atom is -0.393 e. The number of anilines is 2. The number of fused-ring (bicyclic) bond motifs is 1. The average molecular weight is 262 g/mol. The first-order valence-electron chi connectivity index (χ1n) is 6.66. The van der Waals surface area contributed by atoms with E-state index in [0.29, 0.717) is 5.95 Å². The summed E-state index contributed by atoms with van der Waals surface area (Å²) in [6, 6.07) is 0.280. The summed E-state index contributed by atoms with van der Waals surface area (Å²) >= 11 is 0. The summed E-state index contributed by atoms with van der Waals surface area (Å²) < 4.78 is 0. The fourth-order valence-electron chi connectivity index (χ4n) is 2.16. The lowest BCUT2D eigenvalue weighted by Crippen LogP contribution is -2.39. The number of nitrogens with zero attached hydrogens (tertiary/aromatic N) is 3. The zero-order chi connectivity index (χ0) is 13.2. The Labute approximate surface area is 110 Å². The van der Waals surface area contributed by atoms with Gasteiger partial charge < -0.3 is 15.7 Å². The van der Waals surface area contributed by atoms with Gasteiger partial charge in [-0.2, -0.15) is 15.1 Å². The van der Waals surface area contributed by atoms with Crippen LogP contribution in [0.5, 0.6) is 0 Å². The number of hydrogen-bond donors (Lipinski definition) is 4. The number of H-pyrrole nitrogens is 1. The van der Waals surface area contributed by atoms with E-state index in [1.54, 1.807) is 6.20 Å². The standard InChI is InChI=1S/C12H18N6O/c1-2-3-13-12-16-10(15-7-4-8(19)5-7)9-6-14-18-11(9)17-12/h6-8,19H,2-5H2,1H3,(H3,13,14,15,16,17,18). The largest absolute Gasteiger partial charge is 0.393 e. The van der Waals surface area contributed by atoms with Crippen LogP contribution in [0.3, 0.4) is 0 Å². The Kier molecular flexibility index (Phi) is 3.20. The molecule has 1 aliphatic carbocycles. The normalized spacial score (nSPS) is 22.2. The van der Waals surface area contributed by atoms with Crippen LogP contribution in [0.4, 0.5) is 11.8 Å². The molecule has 4 N–H and O–H groups in total. The fourth-order valence-corrected chi connectivity index (χ4v) is 2.16. The highest BCUT2D eigenvalue weighted by molar-refractivity contribution is 5.87. The number of aromatic nitrogens is 4. The average Bonchev–Trinajstić information content (AvgIpc) is 2.82. The van der Waals surface area contributed by atoms with Crippen molar-refractivity contribution in [2.45, 2.75) is 38.3 Å². The minimum atomic E-state index is -0.183. The second-order valence-corrected chi connectivity index (χ2v) is 4.92. The van der Waals surface area contributed by atoms with Crippen LogP contribution in [0, 0.1) is 0 Å². The van der Waals surface area contributed by atoms with Crippen molar-refractivity contribution in [2.75, 3.05) is 17.2 Å². The molecule has 0 amide bonds. The Morgan fingerprint density at radius 2 is 2.26 bits per heavy atom. The first-order chi connectivity index (χ1) is 9.26. The molecular formula is C12H18N6O. The van der Waals surface area contributed by atoms with Crippen LogP contribution >= 0.6 is 0 Å². The second kappa shape index (κ2) is 5.00. The molecule has 0 bridgehead atoms. The number of aliphatic hydroxyl groups excluding tert-OH is 1. The highest BCUT2D eigenvalue weighted by Crippen LogP contribution is 2.27. The van der Waals surface area contributed by atoms with Gasteiger partial charge in [-0.1, -0.05) is 6.92 Å². The first-order valence-corrected chi connectivity index (χ1v) is 6.66. The zero-order valence-corrected chi connectivity index (χ0v) is 10.8. The van der Waals surface area contributed by atoms with E-state index in [9.17, 15) is 5.11 Å². The van der Waals surface area contributed by atoms with Crippen molar-refractivity contribution < 1.29 is 5.11 Å². The Balaban J connectivity index is 1.85. The molecule has 102 valence electrons. The van der Waals surface area contributed by atoms with Crippen LogP contribution < -0.4 is 10.6 Å². The van der Waals surface area contributed by atoms with Gasteiger partial charge in [-0.3, -0.25) is 5.10 Å². The van der Waals surface area contributed by atoms with Crippen molar-refractivity contribution in [1.29, 1.82) is 0 Å². The fraction of sp³-hybridized carbons (Fsp3) is 0.583. The van der Waals surface area contributed by atoms with E-state index in [1.807, 2.05) is 0 Å². The summed E-state index contributed by atoms with van der Waals surface area (Å²) in [5, 5.41) is 23.6.